The second-order valence-electron chi connectivity index (χ2n) is 4.26. The van der Waals surface area contributed by atoms with E-state index in [4.69, 9.17) is 5.73 Å². The summed E-state index contributed by atoms with van der Waals surface area (Å²) in [6.45, 7) is 3.95. The first-order valence-electron chi connectivity index (χ1n) is 5.71. The van der Waals surface area contributed by atoms with Crippen LogP contribution in [0.15, 0.2) is 30.3 Å². The molecule has 0 aliphatic rings. The van der Waals surface area contributed by atoms with Gasteiger partial charge in [0.25, 0.3) is 0 Å². The van der Waals surface area contributed by atoms with Gasteiger partial charge in [0, 0.05) is 11.1 Å². The SMILES string of the molecule is Cc1cc(C)n(-c2nc(N)nc3ccccc23)n1. The molecule has 3 rings (SSSR count). The number of fused-ring (bicyclic) bond motifs is 1. The molecule has 0 amide bonds. The first-order chi connectivity index (χ1) is 8.65. The number of anilines is 1. The Labute approximate surface area is 104 Å². The fraction of sp³-hybridized carbons (Fsp3) is 0.154. The minimum Gasteiger partial charge on any atom is -0.368 e. The molecule has 0 fully saturated rings. The van der Waals surface area contributed by atoms with Gasteiger partial charge in [-0.1, -0.05) is 12.1 Å². The predicted molar refractivity (Wildman–Crippen MR) is 70.5 cm³/mol. The Balaban J connectivity index is 2.38. The summed E-state index contributed by atoms with van der Waals surface area (Å²) in [4.78, 5) is 8.54. The molecule has 0 atom stereocenters. The smallest absolute Gasteiger partial charge is 0.222 e. The largest absolute Gasteiger partial charge is 0.368 e. The van der Waals surface area contributed by atoms with Crippen molar-refractivity contribution in [1.82, 2.24) is 19.7 Å². The number of nitrogen functional groups attached to an aromatic ring is 1. The molecular formula is C13H13N5. The van der Waals surface area contributed by atoms with E-state index in [1.54, 1.807) is 4.68 Å². The molecule has 18 heavy (non-hydrogen) atoms. The highest BCUT2D eigenvalue weighted by atomic mass is 15.3. The highest BCUT2D eigenvalue weighted by molar-refractivity contribution is 5.86. The van der Waals surface area contributed by atoms with Crippen LogP contribution in [0.5, 0.6) is 0 Å². The van der Waals surface area contributed by atoms with Crippen LogP contribution in [-0.2, 0) is 0 Å². The topological polar surface area (TPSA) is 69.6 Å². The molecule has 0 radical (unpaired) electrons. The van der Waals surface area contributed by atoms with Crippen LogP contribution in [0.2, 0.25) is 0 Å². The van der Waals surface area contributed by atoms with Crippen molar-refractivity contribution < 1.29 is 0 Å². The minimum absolute atomic E-state index is 0.260. The predicted octanol–water partition coefficient (Wildman–Crippen LogP) is 2.01. The molecule has 0 saturated heterocycles. The van der Waals surface area contributed by atoms with Gasteiger partial charge in [0.2, 0.25) is 5.95 Å². The van der Waals surface area contributed by atoms with Crippen LogP contribution >= 0.6 is 0 Å². The maximum atomic E-state index is 5.76. The molecule has 2 aromatic heterocycles. The van der Waals surface area contributed by atoms with E-state index in [2.05, 4.69) is 15.1 Å². The van der Waals surface area contributed by atoms with Crippen molar-refractivity contribution in [2.24, 2.45) is 0 Å². The summed E-state index contributed by atoms with van der Waals surface area (Å²) in [6.07, 6.45) is 0. The standard InChI is InChI=1S/C13H13N5/c1-8-7-9(2)18(17-8)12-10-5-3-4-6-11(10)15-13(14)16-12/h3-7H,1-2H3,(H2,14,15,16). The lowest BCUT2D eigenvalue weighted by Gasteiger charge is -2.07. The average Bonchev–Trinajstić information content (AvgIpc) is 2.67. The van der Waals surface area contributed by atoms with E-state index in [0.29, 0.717) is 0 Å². The van der Waals surface area contributed by atoms with E-state index < -0.39 is 0 Å². The van der Waals surface area contributed by atoms with Gasteiger partial charge >= 0.3 is 0 Å². The fourth-order valence-electron chi connectivity index (χ4n) is 2.08. The first-order valence-corrected chi connectivity index (χ1v) is 5.71. The number of para-hydroxylation sites is 1. The third-order valence-electron chi connectivity index (χ3n) is 2.81. The molecule has 90 valence electrons. The normalized spacial score (nSPS) is 11.0. The summed E-state index contributed by atoms with van der Waals surface area (Å²) in [6, 6.07) is 9.78. The summed E-state index contributed by atoms with van der Waals surface area (Å²) in [5.74, 6) is 0.986. The summed E-state index contributed by atoms with van der Waals surface area (Å²) < 4.78 is 1.80. The first kappa shape index (κ1) is 10.7. The second-order valence-corrected chi connectivity index (χ2v) is 4.26. The maximum Gasteiger partial charge on any atom is 0.222 e. The van der Waals surface area contributed by atoms with E-state index in [1.807, 2.05) is 44.2 Å². The van der Waals surface area contributed by atoms with E-state index in [0.717, 1.165) is 28.1 Å². The fourth-order valence-corrected chi connectivity index (χ4v) is 2.08. The Kier molecular flexibility index (Phi) is 2.26. The Hall–Kier alpha value is -2.43. The van der Waals surface area contributed by atoms with Gasteiger partial charge in [0.1, 0.15) is 0 Å². The lowest BCUT2D eigenvalue weighted by molar-refractivity contribution is 0.812. The molecule has 0 aliphatic heterocycles. The molecule has 1 aromatic carbocycles. The van der Waals surface area contributed by atoms with Crippen molar-refractivity contribution in [3.63, 3.8) is 0 Å². The van der Waals surface area contributed by atoms with E-state index >= 15 is 0 Å². The van der Waals surface area contributed by atoms with Crippen LogP contribution in [0.3, 0.4) is 0 Å². The molecule has 5 heteroatoms. The Bertz CT molecular complexity index is 729. The van der Waals surface area contributed by atoms with E-state index in [-0.39, 0.29) is 5.95 Å². The summed E-state index contributed by atoms with van der Waals surface area (Å²) in [5, 5.41) is 5.39. The molecule has 0 saturated carbocycles. The van der Waals surface area contributed by atoms with Gasteiger partial charge in [-0.25, -0.2) is 9.67 Å². The van der Waals surface area contributed by atoms with Crippen LogP contribution in [0.4, 0.5) is 5.95 Å². The molecular weight excluding hydrogens is 226 g/mol. The highest BCUT2D eigenvalue weighted by Crippen LogP contribution is 2.21. The average molecular weight is 239 g/mol. The molecule has 5 nitrogen and oxygen atoms in total. The number of rotatable bonds is 1. The molecule has 0 bridgehead atoms. The number of nitrogens with two attached hydrogens (primary N) is 1. The van der Waals surface area contributed by atoms with Crippen LogP contribution in [-0.4, -0.2) is 19.7 Å². The Morgan fingerprint density at radius 3 is 2.61 bits per heavy atom. The summed E-state index contributed by atoms with van der Waals surface area (Å²) in [7, 11) is 0. The van der Waals surface area contributed by atoms with Gasteiger partial charge in [-0.05, 0) is 32.0 Å². The van der Waals surface area contributed by atoms with Crippen LogP contribution in [0, 0.1) is 13.8 Å². The zero-order chi connectivity index (χ0) is 12.7. The van der Waals surface area contributed by atoms with Crippen LogP contribution in [0.25, 0.3) is 16.7 Å². The van der Waals surface area contributed by atoms with Gasteiger partial charge < -0.3 is 5.73 Å². The highest BCUT2D eigenvalue weighted by Gasteiger charge is 2.11. The van der Waals surface area contributed by atoms with Crippen molar-refractivity contribution in [2.75, 3.05) is 5.73 Å². The second kappa shape index (κ2) is 3.80. The van der Waals surface area contributed by atoms with Gasteiger partial charge in [0.05, 0.1) is 11.2 Å². The summed E-state index contributed by atoms with van der Waals surface area (Å²) in [5.41, 5.74) is 8.56. The van der Waals surface area contributed by atoms with Crippen molar-refractivity contribution in [3.05, 3.63) is 41.7 Å². The van der Waals surface area contributed by atoms with Crippen LogP contribution in [0.1, 0.15) is 11.4 Å². The zero-order valence-corrected chi connectivity index (χ0v) is 10.3. The van der Waals surface area contributed by atoms with E-state index in [1.165, 1.54) is 0 Å². The number of hydrogen-bond acceptors (Lipinski definition) is 4. The van der Waals surface area contributed by atoms with Gasteiger partial charge in [-0.15, -0.1) is 0 Å². The van der Waals surface area contributed by atoms with Crippen LogP contribution < -0.4 is 5.73 Å². The number of aryl methyl sites for hydroxylation is 2. The number of aromatic nitrogens is 4. The molecule has 2 heterocycles. The van der Waals surface area contributed by atoms with Gasteiger partial charge in [-0.2, -0.15) is 10.1 Å². The monoisotopic (exact) mass is 239 g/mol. The number of benzene rings is 1. The minimum atomic E-state index is 0.260. The van der Waals surface area contributed by atoms with Crippen molar-refractivity contribution >= 4 is 16.9 Å². The zero-order valence-electron chi connectivity index (χ0n) is 10.3. The lowest BCUT2D eigenvalue weighted by atomic mass is 10.2. The molecule has 2 N–H and O–H groups in total. The lowest BCUT2D eigenvalue weighted by Crippen LogP contribution is -2.06. The molecule has 0 aliphatic carbocycles. The van der Waals surface area contributed by atoms with Crippen molar-refractivity contribution in [2.45, 2.75) is 13.8 Å². The summed E-state index contributed by atoms with van der Waals surface area (Å²) >= 11 is 0. The van der Waals surface area contributed by atoms with Crippen molar-refractivity contribution in [1.29, 1.82) is 0 Å². The number of hydrogen-bond donors (Lipinski definition) is 1. The third-order valence-corrected chi connectivity index (χ3v) is 2.81. The number of nitrogens with zero attached hydrogens (tertiary/aromatic N) is 4. The van der Waals surface area contributed by atoms with Crippen molar-refractivity contribution in [3.8, 4) is 5.82 Å². The quantitative estimate of drug-likeness (QED) is 0.705. The maximum absolute atomic E-state index is 5.76. The van der Waals surface area contributed by atoms with E-state index in [9.17, 15) is 0 Å². The Morgan fingerprint density at radius 1 is 1.11 bits per heavy atom. The van der Waals surface area contributed by atoms with Gasteiger partial charge in [-0.3, -0.25) is 0 Å². The molecule has 0 unspecified atom stereocenters. The Morgan fingerprint density at radius 2 is 1.89 bits per heavy atom. The van der Waals surface area contributed by atoms with Gasteiger partial charge in [0.15, 0.2) is 5.82 Å². The third kappa shape index (κ3) is 1.60. The molecule has 3 aromatic rings. The molecule has 0 spiro atoms.